The molecule has 0 saturated heterocycles. The lowest BCUT2D eigenvalue weighted by Crippen LogP contribution is -2.40. The molecule has 0 bridgehead atoms. The zero-order valence-electron chi connectivity index (χ0n) is 11.2. The minimum Gasteiger partial charge on any atom is -0.496 e. The van der Waals surface area contributed by atoms with Gasteiger partial charge in [0.1, 0.15) is 5.75 Å². The van der Waals surface area contributed by atoms with Crippen molar-refractivity contribution in [3.05, 3.63) is 30.5 Å². The van der Waals surface area contributed by atoms with Crippen molar-refractivity contribution in [1.82, 2.24) is 4.57 Å². The molecule has 0 aliphatic rings. The summed E-state index contributed by atoms with van der Waals surface area (Å²) in [6, 6.07) is 7.53. The first kappa shape index (κ1) is 13.4. The molecule has 2 aromatic rings. The summed E-state index contributed by atoms with van der Waals surface area (Å²) in [6.45, 7) is 1.56. The number of esters is 1. The second kappa shape index (κ2) is 4.93. The second-order valence-corrected chi connectivity index (χ2v) is 4.60. The Bertz CT molecular complexity index is 601. The van der Waals surface area contributed by atoms with Crippen LogP contribution in [0.1, 0.15) is 6.92 Å². The Balaban J connectivity index is 2.40. The Morgan fingerprint density at radius 3 is 2.74 bits per heavy atom. The first-order chi connectivity index (χ1) is 8.99. The summed E-state index contributed by atoms with van der Waals surface area (Å²) in [5.74, 6) is 0.103. The summed E-state index contributed by atoms with van der Waals surface area (Å²) in [5.41, 5.74) is -0.674. The molecule has 0 fully saturated rings. The van der Waals surface area contributed by atoms with Crippen LogP contribution in [-0.4, -0.2) is 35.5 Å². The molecule has 0 amide bonds. The van der Waals surface area contributed by atoms with E-state index in [4.69, 9.17) is 4.74 Å². The standard InChI is InChI=1S/C14H17NO4/c1-14(17,13(16)19-3)9-15-8-7-10-11(15)5-4-6-12(10)18-2/h4-8,17H,9H2,1-3H3. The fourth-order valence-corrected chi connectivity index (χ4v) is 2.13. The van der Waals surface area contributed by atoms with Crippen LogP contribution in [0.25, 0.3) is 10.9 Å². The summed E-state index contributed by atoms with van der Waals surface area (Å²) < 4.78 is 11.7. The number of nitrogens with zero attached hydrogens (tertiary/aromatic N) is 1. The quantitative estimate of drug-likeness (QED) is 0.851. The molecule has 0 spiro atoms. The number of ether oxygens (including phenoxy) is 2. The first-order valence-corrected chi connectivity index (χ1v) is 5.92. The number of aliphatic hydroxyl groups is 1. The van der Waals surface area contributed by atoms with Crippen molar-refractivity contribution in [2.24, 2.45) is 0 Å². The van der Waals surface area contributed by atoms with Crippen molar-refractivity contribution >= 4 is 16.9 Å². The Morgan fingerprint density at radius 1 is 1.37 bits per heavy atom. The number of methoxy groups -OCH3 is 2. The molecule has 1 heterocycles. The average Bonchev–Trinajstić information content (AvgIpc) is 2.80. The Hall–Kier alpha value is -2.01. The third kappa shape index (κ3) is 2.42. The second-order valence-electron chi connectivity index (χ2n) is 4.60. The molecule has 0 radical (unpaired) electrons. The maximum Gasteiger partial charge on any atom is 0.339 e. The number of rotatable bonds is 4. The smallest absolute Gasteiger partial charge is 0.339 e. The summed E-state index contributed by atoms with van der Waals surface area (Å²) in [5, 5.41) is 11.0. The molecule has 1 unspecified atom stereocenters. The van der Waals surface area contributed by atoms with Crippen molar-refractivity contribution < 1.29 is 19.4 Å². The molecule has 0 saturated carbocycles. The number of carbonyl (C=O) groups excluding carboxylic acids is 1. The van der Waals surface area contributed by atoms with Crippen LogP contribution in [-0.2, 0) is 16.1 Å². The number of hydrogen-bond acceptors (Lipinski definition) is 4. The lowest BCUT2D eigenvalue weighted by Gasteiger charge is -2.21. The van der Waals surface area contributed by atoms with Crippen molar-refractivity contribution in [2.45, 2.75) is 19.1 Å². The lowest BCUT2D eigenvalue weighted by molar-refractivity contribution is -0.161. The predicted octanol–water partition coefficient (Wildman–Crippen LogP) is 1.57. The molecule has 0 aliphatic heterocycles. The minimum absolute atomic E-state index is 0.121. The van der Waals surface area contributed by atoms with E-state index >= 15 is 0 Å². The van der Waals surface area contributed by atoms with Crippen LogP contribution in [0.15, 0.2) is 30.5 Å². The topological polar surface area (TPSA) is 60.7 Å². The normalized spacial score (nSPS) is 14.1. The van der Waals surface area contributed by atoms with E-state index in [9.17, 15) is 9.90 Å². The van der Waals surface area contributed by atoms with Crippen LogP contribution in [0.4, 0.5) is 0 Å². The fourth-order valence-electron chi connectivity index (χ4n) is 2.13. The van der Waals surface area contributed by atoms with Crippen LogP contribution in [0.2, 0.25) is 0 Å². The van der Waals surface area contributed by atoms with Gasteiger partial charge >= 0.3 is 5.97 Å². The minimum atomic E-state index is -1.57. The number of benzene rings is 1. The van der Waals surface area contributed by atoms with Crippen LogP contribution < -0.4 is 4.74 Å². The monoisotopic (exact) mass is 263 g/mol. The van der Waals surface area contributed by atoms with Gasteiger partial charge in [0.2, 0.25) is 0 Å². The Morgan fingerprint density at radius 2 is 2.11 bits per heavy atom. The van der Waals surface area contributed by atoms with Crippen LogP contribution in [0.3, 0.4) is 0 Å². The molecule has 1 N–H and O–H groups in total. The molecule has 0 aliphatic carbocycles. The summed E-state index contributed by atoms with van der Waals surface area (Å²) >= 11 is 0. The van der Waals surface area contributed by atoms with Gasteiger partial charge in [-0.05, 0) is 25.1 Å². The van der Waals surface area contributed by atoms with Gasteiger partial charge < -0.3 is 19.1 Å². The van der Waals surface area contributed by atoms with Crippen molar-refractivity contribution in [1.29, 1.82) is 0 Å². The molecule has 1 aromatic heterocycles. The number of aromatic nitrogens is 1. The maximum atomic E-state index is 11.5. The van der Waals surface area contributed by atoms with Gasteiger partial charge in [0.15, 0.2) is 5.60 Å². The highest BCUT2D eigenvalue weighted by Gasteiger charge is 2.32. The van der Waals surface area contributed by atoms with E-state index < -0.39 is 11.6 Å². The molecular formula is C14H17NO4. The highest BCUT2D eigenvalue weighted by Crippen LogP contribution is 2.27. The summed E-state index contributed by atoms with van der Waals surface area (Å²) in [7, 11) is 2.87. The molecule has 1 atom stereocenters. The molecule has 5 heteroatoms. The van der Waals surface area contributed by atoms with Gasteiger partial charge in [-0.25, -0.2) is 4.79 Å². The molecule has 1 aromatic carbocycles. The maximum absolute atomic E-state index is 11.5. The van der Waals surface area contributed by atoms with Crippen molar-refractivity contribution in [3.8, 4) is 5.75 Å². The molecular weight excluding hydrogens is 246 g/mol. The van der Waals surface area contributed by atoms with Crippen molar-refractivity contribution in [3.63, 3.8) is 0 Å². The number of fused-ring (bicyclic) bond motifs is 1. The number of carbonyl (C=O) groups is 1. The Labute approximate surface area is 111 Å². The van der Waals surface area contributed by atoms with Crippen molar-refractivity contribution in [2.75, 3.05) is 14.2 Å². The third-order valence-corrected chi connectivity index (χ3v) is 3.10. The predicted molar refractivity (Wildman–Crippen MR) is 71.1 cm³/mol. The molecule has 19 heavy (non-hydrogen) atoms. The Kier molecular flexibility index (Phi) is 3.48. The van der Waals surface area contributed by atoms with Gasteiger partial charge in [-0.2, -0.15) is 0 Å². The first-order valence-electron chi connectivity index (χ1n) is 5.92. The zero-order chi connectivity index (χ0) is 14.0. The van der Waals surface area contributed by atoms with E-state index in [0.29, 0.717) is 0 Å². The van der Waals surface area contributed by atoms with Gasteiger partial charge in [-0.15, -0.1) is 0 Å². The lowest BCUT2D eigenvalue weighted by atomic mass is 10.1. The molecule has 102 valence electrons. The van der Waals surface area contributed by atoms with Gasteiger partial charge in [0.05, 0.1) is 26.3 Å². The van der Waals surface area contributed by atoms with Gasteiger partial charge in [0.25, 0.3) is 0 Å². The fraction of sp³-hybridized carbons (Fsp3) is 0.357. The summed E-state index contributed by atoms with van der Waals surface area (Å²) in [4.78, 5) is 11.5. The zero-order valence-corrected chi connectivity index (χ0v) is 11.2. The largest absolute Gasteiger partial charge is 0.496 e. The highest BCUT2D eigenvalue weighted by atomic mass is 16.5. The van der Waals surface area contributed by atoms with Gasteiger partial charge in [-0.3, -0.25) is 0 Å². The molecule has 5 nitrogen and oxygen atoms in total. The molecule has 2 rings (SSSR count). The van der Waals surface area contributed by atoms with E-state index in [1.54, 1.807) is 11.7 Å². The van der Waals surface area contributed by atoms with E-state index in [1.807, 2.05) is 30.5 Å². The highest BCUT2D eigenvalue weighted by molar-refractivity contribution is 5.87. The van der Waals surface area contributed by atoms with Crippen LogP contribution in [0, 0.1) is 0 Å². The van der Waals surface area contributed by atoms with Crippen LogP contribution in [0.5, 0.6) is 5.75 Å². The van der Waals surface area contributed by atoms with E-state index in [1.165, 1.54) is 14.0 Å². The van der Waals surface area contributed by atoms with Gasteiger partial charge in [0, 0.05) is 11.6 Å². The van der Waals surface area contributed by atoms with E-state index in [0.717, 1.165) is 16.7 Å². The van der Waals surface area contributed by atoms with E-state index in [-0.39, 0.29) is 6.54 Å². The van der Waals surface area contributed by atoms with E-state index in [2.05, 4.69) is 4.74 Å². The average molecular weight is 263 g/mol. The van der Waals surface area contributed by atoms with Crippen LogP contribution >= 0.6 is 0 Å². The van der Waals surface area contributed by atoms with Gasteiger partial charge in [-0.1, -0.05) is 6.07 Å². The SMILES string of the molecule is COC(=O)C(C)(O)Cn1ccc2c(OC)cccc21. The number of hydrogen-bond donors (Lipinski definition) is 1. The third-order valence-electron chi connectivity index (χ3n) is 3.10. The summed E-state index contributed by atoms with van der Waals surface area (Å²) in [6.07, 6.45) is 1.81.